The molecule has 2 aromatic carbocycles. The van der Waals surface area contributed by atoms with Gasteiger partial charge in [0.2, 0.25) is 0 Å². The molecule has 2 nitrogen and oxygen atoms in total. The highest BCUT2D eigenvalue weighted by Gasteiger charge is 2.22. The number of nitrogens with two attached hydrogens (primary N) is 1. The molecule has 1 atom stereocenters. The molecule has 0 radical (unpaired) electrons. The summed E-state index contributed by atoms with van der Waals surface area (Å²) in [4.78, 5) is 0. The van der Waals surface area contributed by atoms with Gasteiger partial charge in [-0.05, 0) is 55.2 Å². The van der Waals surface area contributed by atoms with Crippen molar-refractivity contribution in [1.29, 1.82) is 0 Å². The van der Waals surface area contributed by atoms with Crippen LogP contribution in [-0.2, 0) is 12.0 Å². The molecule has 0 amide bonds. The molecule has 0 bridgehead atoms. The first-order chi connectivity index (χ1) is 9.42. The Morgan fingerprint density at radius 2 is 1.80 bits per heavy atom. The number of rotatable bonds is 4. The van der Waals surface area contributed by atoms with Gasteiger partial charge in [-0.1, -0.05) is 35.9 Å². The van der Waals surface area contributed by atoms with Crippen LogP contribution in [0.5, 0.6) is 5.75 Å². The molecule has 2 N–H and O–H groups in total. The van der Waals surface area contributed by atoms with Crippen LogP contribution >= 0.6 is 11.6 Å². The molecule has 20 heavy (non-hydrogen) atoms. The molecule has 1 unspecified atom stereocenters. The van der Waals surface area contributed by atoms with E-state index in [2.05, 4.69) is 6.07 Å². The van der Waals surface area contributed by atoms with Crippen LogP contribution in [-0.4, -0.2) is 7.11 Å². The fourth-order valence-corrected chi connectivity index (χ4v) is 2.57. The first kappa shape index (κ1) is 14.9. The molecule has 3 heteroatoms. The number of benzene rings is 2. The summed E-state index contributed by atoms with van der Waals surface area (Å²) in [5, 5.41) is 0.773. The third kappa shape index (κ3) is 3.33. The summed E-state index contributed by atoms with van der Waals surface area (Å²) < 4.78 is 5.17. The van der Waals surface area contributed by atoms with Crippen molar-refractivity contribution in [3.63, 3.8) is 0 Å². The van der Waals surface area contributed by atoms with Crippen molar-refractivity contribution in [3.8, 4) is 5.75 Å². The molecular formula is C17H20ClNO. The Bertz CT molecular complexity index is 590. The summed E-state index contributed by atoms with van der Waals surface area (Å²) in [7, 11) is 1.66. The van der Waals surface area contributed by atoms with E-state index in [1.165, 1.54) is 0 Å². The molecule has 0 aliphatic carbocycles. The Kier molecular flexibility index (Phi) is 4.36. The van der Waals surface area contributed by atoms with Crippen molar-refractivity contribution in [1.82, 2.24) is 0 Å². The van der Waals surface area contributed by atoms with Crippen LogP contribution in [0.25, 0.3) is 0 Å². The van der Waals surface area contributed by atoms with Gasteiger partial charge in [0.25, 0.3) is 0 Å². The summed E-state index contributed by atoms with van der Waals surface area (Å²) >= 11 is 6.30. The molecule has 0 aromatic heterocycles. The van der Waals surface area contributed by atoms with E-state index < -0.39 is 5.54 Å². The third-order valence-electron chi connectivity index (χ3n) is 3.52. The maximum absolute atomic E-state index is 6.47. The van der Waals surface area contributed by atoms with Gasteiger partial charge in [-0.2, -0.15) is 0 Å². The highest BCUT2D eigenvalue weighted by molar-refractivity contribution is 6.31. The van der Waals surface area contributed by atoms with Gasteiger partial charge in [-0.25, -0.2) is 0 Å². The van der Waals surface area contributed by atoms with Crippen LogP contribution in [0.2, 0.25) is 5.02 Å². The van der Waals surface area contributed by atoms with Crippen LogP contribution in [0.1, 0.15) is 23.6 Å². The summed E-state index contributed by atoms with van der Waals surface area (Å²) in [6.45, 7) is 4.05. The zero-order valence-corrected chi connectivity index (χ0v) is 12.9. The largest absolute Gasteiger partial charge is 0.497 e. The topological polar surface area (TPSA) is 35.2 Å². The van der Waals surface area contributed by atoms with Crippen LogP contribution in [0.15, 0.2) is 42.5 Å². The SMILES string of the molecule is COc1ccc(C(C)(N)Cc2ccc(C)cc2Cl)cc1. The van der Waals surface area contributed by atoms with E-state index in [0.717, 1.165) is 27.5 Å². The van der Waals surface area contributed by atoms with Crippen molar-refractivity contribution in [2.24, 2.45) is 5.73 Å². The lowest BCUT2D eigenvalue weighted by molar-refractivity contribution is 0.413. The van der Waals surface area contributed by atoms with Crippen molar-refractivity contribution in [2.75, 3.05) is 7.11 Å². The van der Waals surface area contributed by atoms with E-state index in [1.807, 2.05) is 50.2 Å². The summed E-state index contributed by atoms with van der Waals surface area (Å²) in [6.07, 6.45) is 0.693. The lowest BCUT2D eigenvalue weighted by Crippen LogP contribution is -2.35. The molecule has 0 aliphatic heterocycles. The fraction of sp³-hybridized carbons (Fsp3) is 0.294. The van der Waals surface area contributed by atoms with Gasteiger partial charge >= 0.3 is 0 Å². The highest BCUT2D eigenvalue weighted by Crippen LogP contribution is 2.28. The average molecular weight is 290 g/mol. The number of halogens is 1. The molecule has 0 saturated heterocycles. The van der Waals surface area contributed by atoms with E-state index in [-0.39, 0.29) is 0 Å². The Labute approximate surface area is 125 Å². The average Bonchev–Trinajstić information content (AvgIpc) is 2.42. The van der Waals surface area contributed by atoms with Crippen LogP contribution in [0.4, 0.5) is 0 Å². The van der Waals surface area contributed by atoms with Crippen molar-refractivity contribution < 1.29 is 4.74 Å². The van der Waals surface area contributed by atoms with Gasteiger partial charge in [0.15, 0.2) is 0 Å². The number of hydrogen-bond donors (Lipinski definition) is 1. The second-order valence-corrected chi connectivity index (χ2v) is 5.82. The molecule has 0 fully saturated rings. The molecule has 0 spiro atoms. The van der Waals surface area contributed by atoms with Gasteiger partial charge in [-0.15, -0.1) is 0 Å². The number of hydrogen-bond acceptors (Lipinski definition) is 2. The molecule has 106 valence electrons. The Morgan fingerprint density at radius 1 is 1.15 bits per heavy atom. The van der Waals surface area contributed by atoms with Gasteiger partial charge < -0.3 is 10.5 Å². The van der Waals surface area contributed by atoms with E-state index >= 15 is 0 Å². The second kappa shape index (κ2) is 5.86. The minimum atomic E-state index is -0.467. The minimum Gasteiger partial charge on any atom is -0.497 e. The quantitative estimate of drug-likeness (QED) is 0.921. The smallest absolute Gasteiger partial charge is 0.118 e. The second-order valence-electron chi connectivity index (χ2n) is 5.42. The Balaban J connectivity index is 2.25. The zero-order chi connectivity index (χ0) is 14.8. The predicted octanol–water partition coefficient (Wildman–Crippen LogP) is 4.07. The molecule has 0 saturated carbocycles. The number of methoxy groups -OCH3 is 1. The monoisotopic (exact) mass is 289 g/mol. The Hall–Kier alpha value is -1.51. The molecule has 0 aliphatic rings. The number of ether oxygens (including phenoxy) is 1. The molecular weight excluding hydrogens is 270 g/mol. The molecule has 2 rings (SSSR count). The normalized spacial score (nSPS) is 13.8. The summed E-state index contributed by atoms with van der Waals surface area (Å²) in [5.41, 5.74) is 9.29. The standard InChI is InChI=1S/C17H20ClNO/c1-12-4-5-13(16(18)10-12)11-17(2,19)14-6-8-15(20-3)9-7-14/h4-10H,11,19H2,1-3H3. The lowest BCUT2D eigenvalue weighted by Gasteiger charge is -2.26. The molecule has 2 aromatic rings. The predicted molar refractivity (Wildman–Crippen MR) is 84.4 cm³/mol. The first-order valence-electron chi connectivity index (χ1n) is 6.61. The first-order valence-corrected chi connectivity index (χ1v) is 6.98. The van der Waals surface area contributed by atoms with Crippen molar-refractivity contribution in [3.05, 3.63) is 64.2 Å². The third-order valence-corrected chi connectivity index (χ3v) is 3.87. The zero-order valence-electron chi connectivity index (χ0n) is 12.1. The van der Waals surface area contributed by atoms with Gasteiger partial charge in [0.05, 0.1) is 7.11 Å². The van der Waals surface area contributed by atoms with Crippen LogP contribution in [0.3, 0.4) is 0 Å². The van der Waals surface area contributed by atoms with Gasteiger partial charge in [0.1, 0.15) is 5.75 Å². The van der Waals surface area contributed by atoms with Gasteiger partial charge in [0, 0.05) is 10.6 Å². The van der Waals surface area contributed by atoms with Crippen LogP contribution < -0.4 is 10.5 Å². The minimum absolute atomic E-state index is 0.467. The van der Waals surface area contributed by atoms with Crippen molar-refractivity contribution in [2.45, 2.75) is 25.8 Å². The number of aryl methyl sites for hydroxylation is 1. The summed E-state index contributed by atoms with van der Waals surface area (Å²) in [5.74, 6) is 0.831. The Morgan fingerprint density at radius 3 is 2.35 bits per heavy atom. The van der Waals surface area contributed by atoms with E-state index in [9.17, 15) is 0 Å². The van der Waals surface area contributed by atoms with Gasteiger partial charge in [-0.3, -0.25) is 0 Å². The highest BCUT2D eigenvalue weighted by atomic mass is 35.5. The van der Waals surface area contributed by atoms with E-state index in [4.69, 9.17) is 22.1 Å². The molecule has 0 heterocycles. The fourth-order valence-electron chi connectivity index (χ4n) is 2.27. The van der Waals surface area contributed by atoms with Crippen LogP contribution in [0, 0.1) is 6.92 Å². The van der Waals surface area contributed by atoms with E-state index in [1.54, 1.807) is 7.11 Å². The summed E-state index contributed by atoms with van der Waals surface area (Å²) in [6, 6.07) is 13.9. The maximum atomic E-state index is 6.47. The lowest BCUT2D eigenvalue weighted by atomic mass is 9.86. The maximum Gasteiger partial charge on any atom is 0.118 e. The van der Waals surface area contributed by atoms with Crippen molar-refractivity contribution >= 4 is 11.6 Å². The van der Waals surface area contributed by atoms with E-state index in [0.29, 0.717) is 6.42 Å².